The Morgan fingerprint density at radius 3 is 1.15 bits per heavy atom. The summed E-state index contributed by atoms with van der Waals surface area (Å²) in [6.45, 7) is 8.80. The third-order valence-corrected chi connectivity index (χ3v) is 4.13. The predicted octanol–water partition coefficient (Wildman–Crippen LogP) is 2.85. The summed E-state index contributed by atoms with van der Waals surface area (Å²) in [5.41, 5.74) is 0. The van der Waals surface area contributed by atoms with Gasteiger partial charge in [0.25, 0.3) is 0 Å². The summed E-state index contributed by atoms with van der Waals surface area (Å²) in [6.07, 6.45) is 2.44. The van der Waals surface area contributed by atoms with E-state index in [1.807, 2.05) is 27.3 Å². The van der Waals surface area contributed by atoms with E-state index in [1.54, 1.807) is 0 Å². The molecule has 0 rings (SSSR count). The van der Waals surface area contributed by atoms with E-state index in [9.17, 15) is 0 Å². The fourth-order valence-corrected chi connectivity index (χ4v) is 2.41. The Morgan fingerprint density at radius 2 is 0.900 bits per heavy atom. The maximum absolute atomic E-state index is 5.68. The van der Waals surface area contributed by atoms with Crippen LogP contribution < -0.4 is 0 Å². The van der Waals surface area contributed by atoms with E-state index in [4.69, 9.17) is 13.3 Å². The molecule has 3 nitrogen and oxygen atoms in total. The van der Waals surface area contributed by atoms with Crippen LogP contribution in [0.1, 0.15) is 40.0 Å². The lowest BCUT2D eigenvalue weighted by atomic mass is 10.5. The summed E-state index contributed by atoms with van der Waals surface area (Å²) in [5, 5.41) is 0. The average Bonchev–Trinajstić information content (AvgIpc) is 2.45. The van der Waals surface area contributed by atoms with Crippen molar-refractivity contribution in [2.75, 3.05) is 19.8 Å². The van der Waals surface area contributed by atoms with Gasteiger partial charge in [0.05, 0.1) is 0 Å². The van der Waals surface area contributed by atoms with E-state index < -0.39 is 8.80 Å². The van der Waals surface area contributed by atoms with Crippen LogP contribution in [0.3, 0.4) is 0 Å². The lowest BCUT2D eigenvalue weighted by molar-refractivity contribution is 0.0981. The van der Waals surface area contributed by atoms with Crippen LogP contribution in [0.15, 0.2) is 0 Å². The van der Waals surface area contributed by atoms with Crippen LogP contribution in [0, 0.1) is 35.5 Å². The van der Waals surface area contributed by atoms with Crippen molar-refractivity contribution in [2.45, 2.75) is 46.6 Å². The highest BCUT2D eigenvalue weighted by atomic mass is 28.4. The van der Waals surface area contributed by atoms with Crippen molar-refractivity contribution in [3.05, 3.63) is 0 Å². The first-order chi connectivity index (χ1) is 9.68. The van der Waals surface area contributed by atoms with Crippen molar-refractivity contribution in [3.8, 4) is 35.5 Å². The summed E-state index contributed by atoms with van der Waals surface area (Å²) in [4.78, 5) is 0. The summed E-state index contributed by atoms with van der Waals surface area (Å²) in [7, 11) is -2.71. The zero-order valence-electron chi connectivity index (χ0n) is 13.0. The standard InChI is InChI=1S/C16H24O3Si/c1-5-8-11-14-17-20(4,18-15-12-9-6-2)19-16-13-10-7-3/h5-7,14-16H2,1-4H3. The van der Waals surface area contributed by atoms with Crippen LogP contribution in [-0.2, 0) is 13.3 Å². The molecular formula is C16H24O3Si. The van der Waals surface area contributed by atoms with Gasteiger partial charge >= 0.3 is 8.80 Å². The third-order valence-electron chi connectivity index (χ3n) is 2.12. The average molecular weight is 292 g/mol. The Kier molecular flexibility index (Phi) is 12.0. The molecule has 0 bridgehead atoms. The van der Waals surface area contributed by atoms with Crippen LogP contribution in [0.25, 0.3) is 0 Å². The first kappa shape index (κ1) is 18.8. The molecule has 0 aromatic heterocycles. The lowest BCUT2D eigenvalue weighted by Gasteiger charge is -2.23. The van der Waals surface area contributed by atoms with E-state index in [0.717, 1.165) is 19.3 Å². The largest absolute Gasteiger partial charge is 0.499 e. The second kappa shape index (κ2) is 12.8. The molecule has 4 heteroatoms. The van der Waals surface area contributed by atoms with Crippen LogP contribution in [0.2, 0.25) is 6.55 Å². The van der Waals surface area contributed by atoms with Crippen molar-refractivity contribution in [2.24, 2.45) is 0 Å². The highest BCUT2D eigenvalue weighted by molar-refractivity contribution is 6.59. The Bertz CT molecular complexity index is 361. The molecule has 0 aromatic carbocycles. The van der Waals surface area contributed by atoms with E-state index in [1.165, 1.54) is 0 Å². The minimum absolute atomic E-state index is 0.318. The lowest BCUT2D eigenvalue weighted by Crippen LogP contribution is -2.43. The van der Waals surface area contributed by atoms with Crippen LogP contribution >= 0.6 is 0 Å². The van der Waals surface area contributed by atoms with E-state index in [-0.39, 0.29) is 0 Å². The van der Waals surface area contributed by atoms with E-state index in [0.29, 0.717) is 19.8 Å². The van der Waals surface area contributed by atoms with Gasteiger partial charge in [0.2, 0.25) is 0 Å². The molecule has 0 aliphatic heterocycles. The highest BCUT2D eigenvalue weighted by Gasteiger charge is 2.34. The maximum Gasteiger partial charge on any atom is 0.499 e. The Labute approximate surface area is 124 Å². The second-order valence-corrected chi connectivity index (χ2v) is 6.44. The Hall–Kier alpha value is -1.22. The summed E-state index contributed by atoms with van der Waals surface area (Å²) in [5.74, 6) is 17.6. The summed E-state index contributed by atoms with van der Waals surface area (Å²) < 4.78 is 17.0. The monoisotopic (exact) mass is 292 g/mol. The zero-order valence-corrected chi connectivity index (χ0v) is 14.0. The first-order valence-electron chi connectivity index (χ1n) is 6.97. The predicted molar refractivity (Wildman–Crippen MR) is 83.7 cm³/mol. The SMILES string of the molecule is CCC#CCO[Si](C)(OCC#CCC)OCC#CCC. The fraction of sp³-hybridized carbons (Fsp3) is 0.625. The van der Waals surface area contributed by atoms with Gasteiger partial charge in [-0.3, -0.25) is 0 Å². The fourth-order valence-electron chi connectivity index (χ4n) is 1.15. The zero-order chi connectivity index (χ0) is 15.1. The quantitative estimate of drug-likeness (QED) is 0.556. The van der Waals surface area contributed by atoms with Crippen molar-refractivity contribution in [1.82, 2.24) is 0 Å². The molecule has 0 radical (unpaired) electrons. The maximum atomic E-state index is 5.68. The number of hydrogen-bond acceptors (Lipinski definition) is 3. The van der Waals surface area contributed by atoms with Gasteiger partial charge in [-0.1, -0.05) is 38.5 Å². The third kappa shape index (κ3) is 10.7. The van der Waals surface area contributed by atoms with Crippen LogP contribution in [0.5, 0.6) is 0 Å². The van der Waals surface area contributed by atoms with Crippen molar-refractivity contribution >= 4 is 8.80 Å². The van der Waals surface area contributed by atoms with Crippen LogP contribution in [0.4, 0.5) is 0 Å². The molecule has 0 aliphatic rings. The first-order valence-corrected chi connectivity index (χ1v) is 9.20. The van der Waals surface area contributed by atoms with Gasteiger partial charge in [-0.2, -0.15) is 0 Å². The molecule has 20 heavy (non-hydrogen) atoms. The molecule has 0 amide bonds. The van der Waals surface area contributed by atoms with Gasteiger partial charge in [-0.25, -0.2) is 0 Å². The molecule has 0 saturated heterocycles. The number of hydrogen-bond donors (Lipinski definition) is 0. The van der Waals surface area contributed by atoms with E-state index >= 15 is 0 Å². The topological polar surface area (TPSA) is 27.7 Å². The van der Waals surface area contributed by atoms with Gasteiger partial charge in [-0.15, -0.1) is 17.8 Å². The molecule has 0 atom stereocenters. The van der Waals surface area contributed by atoms with Gasteiger partial charge in [-0.05, 0) is 0 Å². The molecule has 0 aliphatic carbocycles. The molecule has 0 N–H and O–H groups in total. The minimum Gasteiger partial charge on any atom is -0.362 e. The summed E-state index contributed by atoms with van der Waals surface area (Å²) in [6, 6.07) is 0. The van der Waals surface area contributed by atoms with Crippen molar-refractivity contribution < 1.29 is 13.3 Å². The molecular weight excluding hydrogens is 268 g/mol. The molecule has 0 heterocycles. The summed E-state index contributed by atoms with van der Waals surface area (Å²) >= 11 is 0. The Balaban J connectivity index is 4.39. The van der Waals surface area contributed by atoms with Gasteiger partial charge < -0.3 is 13.3 Å². The van der Waals surface area contributed by atoms with Gasteiger partial charge in [0.1, 0.15) is 19.8 Å². The Morgan fingerprint density at radius 1 is 0.600 bits per heavy atom. The van der Waals surface area contributed by atoms with Crippen LogP contribution in [-0.4, -0.2) is 28.6 Å². The molecule has 0 aromatic rings. The van der Waals surface area contributed by atoms with Crippen molar-refractivity contribution in [1.29, 1.82) is 0 Å². The number of rotatable bonds is 6. The van der Waals surface area contributed by atoms with Gasteiger partial charge in [0.15, 0.2) is 0 Å². The molecule has 0 saturated carbocycles. The molecule has 110 valence electrons. The smallest absolute Gasteiger partial charge is 0.362 e. The van der Waals surface area contributed by atoms with Gasteiger partial charge in [0, 0.05) is 25.8 Å². The molecule has 0 spiro atoms. The normalized spacial score (nSPS) is 9.60. The second-order valence-electron chi connectivity index (χ2n) is 3.85. The highest BCUT2D eigenvalue weighted by Crippen LogP contribution is 2.08. The van der Waals surface area contributed by atoms with Crippen molar-refractivity contribution in [3.63, 3.8) is 0 Å². The minimum atomic E-state index is -2.71. The van der Waals surface area contributed by atoms with E-state index in [2.05, 4.69) is 35.5 Å². The molecule has 0 unspecified atom stereocenters. The molecule has 0 fully saturated rings.